The Labute approximate surface area is 100 Å². The smallest absolute Gasteiger partial charge is 0.329 e. The number of nitrogens with zero attached hydrogens (tertiary/aromatic N) is 3. The predicted octanol–water partition coefficient (Wildman–Crippen LogP) is 1.52. The van der Waals surface area contributed by atoms with Gasteiger partial charge in [0.25, 0.3) is 0 Å². The van der Waals surface area contributed by atoms with E-state index in [1.54, 1.807) is 19.9 Å². The third kappa shape index (κ3) is 3.25. The first-order valence-electron chi connectivity index (χ1n) is 5.53. The highest BCUT2D eigenvalue weighted by Crippen LogP contribution is 2.16. The Kier molecular flexibility index (Phi) is 4.58. The molecule has 0 fully saturated rings. The number of carbonyl (C=O) groups is 1. The molecule has 0 aromatic carbocycles. The number of aryl methyl sites for hydroxylation is 2. The maximum atomic E-state index is 11.6. The van der Waals surface area contributed by atoms with Gasteiger partial charge in [0.1, 0.15) is 5.82 Å². The van der Waals surface area contributed by atoms with Gasteiger partial charge in [-0.1, -0.05) is 6.92 Å². The van der Waals surface area contributed by atoms with Gasteiger partial charge in [0.2, 0.25) is 0 Å². The summed E-state index contributed by atoms with van der Waals surface area (Å²) in [5.41, 5.74) is 1.23. The molecule has 0 amide bonds. The molecule has 5 heteroatoms. The molecule has 17 heavy (non-hydrogen) atoms. The fourth-order valence-corrected chi connectivity index (χ4v) is 1.45. The summed E-state index contributed by atoms with van der Waals surface area (Å²) in [5, 5.41) is 9.02. The molecule has 5 nitrogen and oxygen atoms in total. The molecule has 1 rings (SSSR count). The van der Waals surface area contributed by atoms with Crippen LogP contribution in [0.4, 0.5) is 0 Å². The van der Waals surface area contributed by atoms with Gasteiger partial charge >= 0.3 is 5.97 Å². The Morgan fingerprint density at radius 3 is 2.76 bits per heavy atom. The van der Waals surface area contributed by atoms with Crippen molar-refractivity contribution in [3.05, 3.63) is 23.3 Å². The number of hydrogen-bond acceptors (Lipinski definition) is 5. The van der Waals surface area contributed by atoms with Gasteiger partial charge in [-0.2, -0.15) is 5.26 Å². The highest BCUT2D eigenvalue weighted by molar-refractivity contribution is 5.80. The maximum Gasteiger partial charge on any atom is 0.329 e. The average molecular weight is 233 g/mol. The third-order valence-electron chi connectivity index (χ3n) is 2.22. The van der Waals surface area contributed by atoms with Crippen LogP contribution in [0.1, 0.15) is 37.0 Å². The van der Waals surface area contributed by atoms with E-state index in [2.05, 4.69) is 9.97 Å². The zero-order valence-electron chi connectivity index (χ0n) is 10.2. The second kappa shape index (κ2) is 5.94. The zero-order valence-corrected chi connectivity index (χ0v) is 10.2. The second-order valence-electron chi connectivity index (χ2n) is 3.50. The van der Waals surface area contributed by atoms with Gasteiger partial charge in [0.15, 0.2) is 5.92 Å². The largest absolute Gasteiger partial charge is 0.465 e. The van der Waals surface area contributed by atoms with Crippen molar-refractivity contribution in [2.24, 2.45) is 0 Å². The molecule has 0 N–H and O–H groups in total. The van der Waals surface area contributed by atoms with E-state index >= 15 is 0 Å². The second-order valence-corrected chi connectivity index (χ2v) is 3.50. The van der Waals surface area contributed by atoms with Crippen LogP contribution in [-0.2, 0) is 16.0 Å². The number of hydrogen-bond donors (Lipinski definition) is 0. The van der Waals surface area contributed by atoms with Crippen molar-refractivity contribution in [3.63, 3.8) is 0 Å². The van der Waals surface area contributed by atoms with Gasteiger partial charge in [-0.25, -0.2) is 9.97 Å². The van der Waals surface area contributed by atoms with Crippen LogP contribution in [0.5, 0.6) is 0 Å². The van der Waals surface area contributed by atoms with Crippen molar-refractivity contribution in [3.8, 4) is 6.07 Å². The van der Waals surface area contributed by atoms with Crippen molar-refractivity contribution in [1.82, 2.24) is 9.97 Å². The Balaban J connectivity index is 3.08. The lowest BCUT2D eigenvalue weighted by atomic mass is 10.1. The topological polar surface area (TPSA) is 75.9 Å². The molecule has 0 saturated heterocycles. The lowest BCUT2D eigenvalue weighted by molar-refractivity contribution is -0.143. The number of esters is 1. The quantitative estimate of drug-likeness (QED) is 0.737. The van der Waals surface area contributed by atoms with E-state index in [0.717, 1.165) is 12.1 Å². The zero-order chi connectivity index (χ0) is 12.8. The van der Waals surface area contributed by atoms with Gasteiger partial charge in [0.05, 0.1) is 18.4 Å². The van der Waals surface area contributed by atoms with Gasteiger partial charge in [-0.3, -0.25) is 4.79 Å². The van der Waals surface area contributed by atoms with Crippen molar-refractivity contribution in [2.45, 2.75) is 33.1 Å². The molecule has 0 aliphatic rings. The molecule has 1 atom stereocenters. The molecule has 90 valence electrons. The lowest BCUT2D eigenvalue weighted by Gasteiger charge is -2.09. The summed E-state index contributed by atoms with van der Waals surface area (Å²) in [6.45, 7) is 5.65. The van der Waals surface area contributed by atoms with Crippen LogP contribution in [0.3, 0.4) is 0 Å². The number of aromatic nitrogens is 2. The van der Waals surface area contributed by atoms with E-state index in [1.165, 1.54) is 0 Å². The monoisotopic (exact) mass is 233 g/mol. The Hall–Kier alpha value is -1.96. The predicted molar refractivity (Wildman–Crippen MR) is 61.1 cm³/mol. The van der Waals surface area contributed by atoms with Crippen LogP contribution >= 0.6 is 0 Å². The van der Waals surface area contributed by atoms with E-state index < -0.39 is 11.9 Å². The van der Waals surface area contributed by atoms with Crippen LogP contribution < -0.4 is 0 Å². The lowest BCUT2D eigenvalue weighted by Crippen LogP contribution is -2.16. The third-order valence-corrected chi connectivity index (χ3v) is 2.22. The molecule has 1 unspecified atom stereocenters. The number of rotatable bonds is 4. The average Bonchev–Trinajstić information content (AvgIpc) is 2.29. The van der Waals surface area contributed by atoms with Gasteiger partial charge in [-0.15, -0.1) is 0 Å². The summed E-state index contributed by atoms with van der Waals surface area (Å²) < 4.78 is 4.84. The SMILES string of the molecule is CCOC(=O)C(C#N)c1cc(CC)nc(C)n1. The molecular formula is C12H15N3O2. The molecular weight excluding hydrogens is 218 g/mol. The summed E-state index contributed by atoms with van der Waals surface area (Å²) >= 11 is 0. The molecule has 0 spiro atoms. The minimum atomic E-state index is -0.970. The standard InChI is InChI=1S/C12H15N3O2/c1-4-9-6-11(15-8(3)14-9)10(7-13)12(16)17-5-2/h6,10H,4-5H2,1-3H3. The van der Waals surface area contributed by atoms with Crippen molar-refractivity contribution >= 4 is 5.97 Å². The van der Waals surface area contributed by atoms with Crippen LogP contribution in [-0.4, -0.2) is 22.5 Å². The molecule has 1 heterocycles. The first-order valence-corrected chi connectivity index (χ1v) is 5.53. The highest BCUT2D eigenvalue weighted by Gasteiger charge is 2.23. The summed E-state index contributed by atoms with van der Waals surface area (Å²) in [6, 6.07) is 3.60. The Bertz CT molecular complexity index is 452. The molecule has 0 aliphatic carbocycles. The van der Waals surface area contributed by atoms with E-state index in [1.807, 2.05) is 13.0 Å². The first kappa shape index (κ1) is 13.1. The van der Waals surface area contributed by atoms with Crippen LogP contribution in [0.2, 0.25) is 0 Å². The normalized spacial score (nSPS) is 11.6. The summed E-state index contributed by atoms with van der Waals surface area (Å²) in [7, 11) is 0. The van der Waals surface area contributed by atoms with Crippen LogP contribution in [0, 0.1) is 18.3 Å². The summed E-state index contributed by atoms with van der Waals surface area (Å²) in [6.07, 6.45) is 0.733. The molecule has 0 saturated carbocycles. The summed E-state index contributed by atoms with van der Waals surface area (Å²) in [4.78, 5) is 19.9. The molecule has 1 aromatic heterocycles. The van der Waals surface area contributed by atoms with Gasteiger partial charge < -0.3 is 4.74 Å². The van der Waals surface area contributed by atoms with E-state index in [4.69, 9.17) is 10.00 Å². The molecule has 1 aromatic rings. The minimum absolute atomic E-state index is 0.252. The number of carbonyl (C=O) groups excluding carboxylic acids is 1. The van der Waals surface area contributed by atoms with Crippen LogP contribution in [0.25, 0.3) is 0 Å². The number of nitriles is 1. The number of ether oxygens (including phenoxy) is 1. The Morgan fingerprint density at radius 1 is 1.53 bits per heavy atom. The van der Waals surface area contributed by atoms with E-state index in [9.17, 15) is 4.79 Å². The van der Waals surface area contributed by atoms with Gasteiger partial charge in [-0.05, 0) is 26.3 Å². The summed E-state index contributed by atoms with van der Waals surface area (Å²) in [5.74, 6) is -0.971. The molecule has 0 aliphatic heterocycles. The maximum absolute atomic E-state index is 11.6. The van der Waals surface area contributed by atoms with E-state index in [-0.39, 0.29) is 6.61 Å². The minimum Gasteiger partial charge on any atom is -0.465 e. The Morgan fingerprint density at radius 2 is 2.24 bits per heavy atom. The fraction of sp³-hybridized carbons (Fsp3) is 0.500. The first-order chi connectivity index (χ1) is 8.12. The molecule has 0 radical (unpaired) electrons. The molecule has 0 bridgehead atoms. The fourth-order valence-electron chi connectivity index (χ4n) is 1.45. The van der Waals surface area contributed by atoms with Gasteiger partial charge in [0, 0.05) is 5.69 Å². The van der Waals surface area contributed by atoms with E-state index in [0.29, 0.717) is 11.5 Å². The van der Waals surface area contributed by atoms with Crippen molar-refractivity contribution < 1.29 is 9.53 Å². The highest BCUT2D eigenvalue weighted by atomic mass is 16.5. The van der Waals surface area contributed by atoms with Crippen molar-refractivity contribution in [1.29, 1.82) is 5.26 Å². The van der Waals surface area contributed by atoms with Crippen LogP contribution in [0.15, 0.2) is 6.07 Å². The van der Waals surface area contributed by atoms with Crippen molar-refractivity contribution in [2.75, 3.05) is 6.61 Å².